The summed E-state index contributed by atoms with van der Waals surface area (Å²) in [5, 5.41) is 3.33. The van der Waals surface area contributed by atoms with Crippen LogP contribution >= 0.6 is 36.2 Å². The Labute approximate surface area is 165 Å². The van der Waals surface area contributed by atoms with Crippen molar-refractivity contribution >= 4 is 47.7 Å². The van der Waals surface area contributed by atoms with E-state index >= 15 is 0 Å². The molecule has 1 amide bonds. The van der Waals surface area contributed by atoms with E-state index in [-0.39, 0.29) is 30.7 Å². The molecule has 0 bridgehead atoms. The monoisotopic (exact) mass is 402 g/mol. The lowest BCUT2D eigenvalue weighted by Gasteiger charge is -2.34. The Balaban J connectivity index is 0.00000156. The summed E-state index contributed by atoms with van der Waals surface area (Å²) < 4.78 is 0. The first-order valence-electron chi connectivity index (χ1n) is 7.96. The van der Waals surface area contributed by atoms with Gasteiger partial charge in [-0.05, 0) is 18.6 Å². The largest absolute Gasteiger partial charge is 0.398 e. The summed E-state index contributed by atoms with van der Waals surface area (Å²) in [4.78, 5) is 21.4. The standard InChI is InChI=1S/C17H22N4OS.2ClH/c1-2-16-19-13(12-23-16)11-20-7-9-21(10-8-20)17(22)14-5-3-4-6-15(14)18;;/h3-6,12H,2,7-11,18H2,1H3;2*1H. The van der Waals surface area contributed by atoms with Crippen LogP contribution in [0.15, 0.2) is 29.6 Å². The lowest BCUT2D eigenvalue weighted by atomic mass is 10.1. The van der Waals surface area contributed by atoms with E-state index in [1.165, 1.54) is 5.01 Å². The van der Waals surface area contributed by atoms with E-state index < -0.39 is 0 Å². The molecule has 25 heavy (non-hydrogen) atoms. The molecule has 1 aliphatic rings. The lowest BCUT2D eigenvalue weighted by molar-refractivity contribution is 0.0628. The SMILES string of the molecule is CCc1nc(CN2CCN(C(=O)c3ccccc3N)CC2)cs1.Cl.Cl. The second kappa shape index (κ2) is 9.97. The van der Waals surface area contributed by atoms with Gasteiger partial charge in [0.1, 0.15) is 0 Å². The summed E-state index contributed by atoms with van der Waals surface area (Å²) in [5.74, 6) is 0.0321. The number of nitrogen functional groups attached to an aromatic ring is 1. The molecular weight excluding hydrogens is 379 g/mol. The minimum absolute atomic E-state index is 0. The predicted molar refractivity (Wildman–Crippen MR) is 108 cm³/mol. The number of carbonyl (C=O) groups is 1. The van der Waals surface area contributed by atoms with Gasteiger partial charge in [0.25, 0.3) is 5.91 Å². The van der Waals surface area contributed by atoms with Crippen LogP contribution in [-0.4, -0.2) is 46.9 Å². The van der Waals surface area contributed by atoms with Gasteiger partial charge in [0.15, 0.2) is 0 Å². The molecule has 1 aromatic carbocycles. The van der Waals surface area contributed by atoms with Gasteiger partial charge in [-0.25, -0.2) is 4.98 Å². The second-order valence-corrected chi connectivity index (χ2v) is 6.68. The van der Waals surface area contributed by atoms with Crippen molar-refractivity contribution in [2.24, 2.45) is 0 Å². The zero-order valence-electron chi connectivity index (χ0n) is 14.2. The van der Waals surface area contributed by atoms with Gasteiger partial charge in [-0.15, -0.1) is 36.2 Å². The zero-order valence-corrected chi connectivity index (χ0v) is 16.6. The number of nitrogens with two attached hydrogens (primary N) is 1. The number of nitrogens with zero attached hydrogens (tertiary/aromatic N) is 3. The number of benzene rings is 1. The number of anilines is 1. The molecule has 3 rings (SSSR count). The highest BCUT2D eigenvalue weighted by Gasteiger charge is 2.23. The van der Waals surface area contributed by atoms with E-state index in [1.54, 1.807) is 23.5 Å². The minimum atomic E-state index is 0. The molecule has 0 aliphatic carbocycles. The molecule has 1 saturated heterocycles. The van der Waals surface area contributed by atoms with Crippen molar-refractivity contribution in [3.63, 3.8) is 0 Å². The van der Waals surface area contributed by atoms with E-state index in [1.807, 2.05) is 17.0 Å². The van der Waals surface area contributed by atoms with Crippen molar-refractivity contribution in [2.75, 3.05) is 31.9 Å². The van der Waals surface area contributed by atoms with Crippen LogP contribution < -0.4 is 5.73 Å². The molecule has 0 unspecified atom stereocenters. The number of aromatic nitrogens is 1. The summed E-state index contributed by atoms with van der Waals surface area (Å²) in [7, 11) is 0. The van der Waals surface area contributed by atoms with Gasteiger partial charge in [-0.3, -0.25) is 9.69 Å². The highest BCUT2D eigenvalue weighted by Crippen LogP contribution is 2.17. The summed E-state index contributed by atoms with van der Waals surface area (Å²) in [6, 6.07) is 7.28. The maximum Gasteiger partial charge on any atom is 0.256 e. The molecule has 1 aromatic heterocycles. The van der Waals surface area contributed by atoms with Crippen LogP contribution in [0.4, 0.5) is 5.69 Å². The smallest absolute Gasteiger partial charge is 0.256 e. The molecule has 0 spiro atoms. The van der Waals surface area contributed by atoms with Crippen molar-refractivity contribution in [3.05, 3.63) is 45.9 Å². The van der Waals surface area contributed by atoms with Crippen LogP contribution in [0.5, 0.6) is 0 Å². The van der Waals surface area contributed by atoms with Crippen LogP contribution in [-0.2, 0) is 13.0 Å². The highest BCUT2D eigenvalue weighted by atomic mass is 35.5. The van der Waals surface area contributed by atoms with Crippen LogP contribution in [0, 0.1) is 0 Å². The molecular formula is C17H24Cl2N4OS. The third-order valence-corrected chi connectivity index (χ3v) is 5.18. The Kier molecular flexibility index (Phi) is 8.65. The van der Waals surface area contributed by atoms with E-state index in [4.69, 9.17) is 5.73 Å². The molecule has 8 heteroatoms. The second-order valence-electron chi connectivity index (χ2n) is 5.74. The Morgan fingerprint density at radius 3 is 2.48 bits per heavy atom. The summed E-state index contributed by atoms with van der Waals surface area (Å²) in [5.41, 5.74) is 8.20. The Hall–Kier alpha value is -1.34. The number of thiazole rings is 1. The number of aryl methyl sites for hydroxylation is 1. The topological polar surface area (TPSA) is 62.5 Å². The maximum absolute atomic E-state index is 12.5. The van der Waals surface area contributed by atoms with Gasteiger partial charge in [0, 0.05) is 43.8 Å². The molecule has 0 saturated carbocycles. The number of hydrogen-bond acceptors (Lipinski definition) is 5. The minimum Gasteiger partial charge on any atom is -0.398 e. The summed E-state index contributed by atoms with van der Waals surface area (Å²) >= 11 is 1.73. The number of rotatable bonds is 4. The average Bonchev–Trinajstić information content (AvgIpc) is 3.03. The molecule has 0 radical (unpaired) electrons. The first-order valence-corrected chi connectivity index (χ1v) is 8.84. The van der Waals surface area contributed by atoms with Gasteiger partial charge in [0.05, 0.1) is 16.3 Å². The average molecular weight is 403 g/mol. The quantitative estimate of drug-likeness (QED) is 0.797. The van der Waals surface area contributed by atoms with E-state index in [2.05, 4.69) is 22.2 Å². The number of amides is 1. The maximum atomic E-state index is 12.5. The van der Waals surface area contributed by atoms with Crippen molar-refractivity contribution < 1.29 is 4.79 Å². The molecule has 1 aliphatic heterocycles. The van der Waals surface area contributed by atoms with Gasteiger partial charge in [-0.1, -0.05) is 19.1 Å². The van der Waals surface area contributed by atoms with Crippen molar-refractivity contribution in [3.8, 4) is 0 Å². The van der Waals surface area contributed by atoms with Gasteiger partial charge < -0.3 is 10.6 Å². The molecule has 0 atom stereocenters. The van der Waals surface area contributed by atoms with Crippen LogP contribution in [0.3, 0.4) is 0 Å². The normalized spacial score (nSPS) is 14.5. The molecule has 5 nitrogen and oxygen atoms in total. The fourth-order valence-corrected chi connectivity index (χ4v) is 3.52. The third kappa shape index (κ3) is 5.31. The Bertz CT molecular complexity index is 687. The lowest BCUT2D eigenvalue weighted by Crippen LogP contribution is -2.48. The van der Waals surface area contributed by atoms with Crippen molar-refractivity contribution in [2.45, 2.75) is 19.9 Å². The van der Waals surface area contributed by atoms with Gasteiger partial charge in [0.2, 0.25) is 0 Å². The fourth-order valence-electron chi connectivity index (χ4n) is 2.78. The number of hydrogen-bond donors (Lipinski definition) is 1. The fraction of sp³-hybridized carbons (Fsp3) is 0.412. The van der Waals surface area contributed by atoms with Gasteiger partial charge >= 0.3 is 0 Å². The van der Waals surface area contributed by atoms with Crippen molar-refractivity contribution in [1.82, 2.24) is 14.8 Å². The number of piperazine rings is 1. The molecule has 138 valence electrons. The molecule has 2 aromatic rings. The van der Waals surface area contributed by atoms with E-state index in [9.17, 15) is 4.79 Å². The summed E-state index contributed by atoms with van der Waals surface area (Å²) in [6.07, 6.45) is 0.992. The number of halogens is 2. The number of para-hydroxylation sites is 1. The predicted octanol–water partition coefficient (Wildman–Crippen LogP) is 3.09. The van der Waals surface area contributed by atoms with E-state index in [0.717, 1.165) is 44.8 Å². The first-order chi connectivity index (χ1) is 11.2. The Morgan fingerprint density at radius 2 is 1.88 bits per heavy atom. The molecule has 1 fully saturated rings. The molecule has 2 heterocycles. The molecule has 2 N–H and O–H groups in total. The van der Waals surface area contributed by atoms with Gasteiger partial charge in [-0.2, -0.15) is 0 Å². The third-order valence-electron chi connectivity index (χ3n) is 4.14. The first kappa shape index (κ1) is 21.7. The number of carbonyl (C=O) groups excluding carboxylic acids is 1. The van der Waals surface area contributed by atoms with Crippen LogP contribution in [0.1, 0.15) is 28.0 Å². The van der Waals surface area contributed by atoms with Crippen LogP contribution in [0.2, 0.25) is 0 Å². The van der Waals surface area contributed by atoms with E-state index in [0.29, 0.717) is 11.3 Å². The zero-order chi connectivity index (χ0) is 16.2. The van der Waals surface area contributed by atoms with Crippen LogP contribution in [0.25, 0.3) is 0 Å². The van der Waals surface area contributed by atoms with Crippen molar-refractivity contribution in [1.29, 1.82) is 0 Å². The summed E-state index contributed by atoms with van der Waals surface area (Å²) in [6.45, 7) is 6.21. The Morgan fingerprint density at radius 1 is 1.20 bits per heavy atom. The highest BCUT2D eigenvalue weighted by molar-refractivity contribution is 7.09.